The van der Waals surface area contributed by atoms with Crippen molar-refractivity contribution < 1.29 is 45.2 Å². The van der Waals surface area contributed by atoms with E-state index < -0.39 is 0 Å². The third-order valence-electron chi connectivity index (χ3n) is 3.30. The minimum Gasteiger partial charge on any atom is -1.00 e. The van der Waals surface area contributed by atoms with Crippen LogP contribution in [0.15, 0.2) is 36.4 Å². The van der Waals surface area contributed by atoms with Crippen LogP contribution in [0, 0.1) is 0 Å². The van der Waals surface area contributed by atoms with Crippen molar-refractivity contribution in [3.8, 4) is 11.4 Å². The van der Waals surface area contributed by atoms with Gasteiger partial charge in [-0.05, 0) is 24.3 Å². The van der Waals surface area contributed by atoms with Crippen molar-refractivity contribution in [2.24, 2.45) is 0 Å². The quantitative estimate of drug-likeness (QED) is 0.513. The average molecular weight is 446 g/mol. The van der Waals surface area contributed by atoms with Crippen LogP contribution in [0.4, 0.5) is 0 Å². The summed E-state index contributed by atoms with van der Waals surface area (Å²) in [5, 5.41) is 0. The molecule has 0 bridgehead atoms. The summed E-state index contributed by atoms with van der Waals surface area (Å²) in [4.78, 5) is 9.55. The topological polar surface area (TPSA) is 25.8 Å². The zero-order valence-electron chi connectivity index (χ0n) is 14.4. The van der Waals surface area contributed by atoms with Gasteiger partial charge in [0.05, 0.1) is 11.4 Å². The number of rotatable bonds is 1. The molecule has 0 saturated carbocycles. The number of hydrogen-bond acceptors (Lipinski definition) is 2. The standard InChI is InChI=1S/C18H24N2.2ClH.Pd/c1-17(2,3)15-11-7-9-13(19-15)14-10-8-12-16(20-14)18(4,5)6;;;/h7-12H,1-6H3;2*1H;/q;;;+2/p-2. The van der Waals surface area contributed by atoms with E-state index in [-0.39, 0.29) is 56.1 Å². The van der Waals surface area contributed by atoms with Crippen molar-refractivity contribution in [1.82, 2.24) is 9.97 Å². The minimum atomic E-state index is 0. The second-order valence-corrected chi connectivity index (χ2v) is 7.32. The van der Waals surface area contributed by atoms with Crippen LogP contribution >= 0.6 is 0 Å². The Morgan fingerprint density at radius 3 is 1.17 bits per heavy atom. The summed E-state index contributed by atoms with van der Waals surface area (Å²) in [5.74, 6) is 0. The van der Waals surface area contributed by atoms with Gasteiger partial charge in [-0.2, -0.15) is 0 Å². The maximum Gasteiger partial charge on any atom is 2.00 e. The zero-order valence-corrected chi connectivity index (χ0v) is 17.5. The van der Waals surface area contributed by atoms with E-state index in [2.05, 4.69) is 65.8 Å². The molecule has 0 saturated heterocycles. The number of halogens is 2. The molecule has 2 rings (SSSR count). The van der Waals surface area contributed by atoms with Gasteiger partial charge in [-0.3, -0.25) is 9.97 Å². The van der Waals surface area contributed by atoms with E-state index in [4.69, 9.17) is 9.97 Å². The molecule has 0 N–H and O–H groups in total. The maximum absolute atomic E-state index is 4.77. The molecule has 0 amide bonds. The van der Waals surface area contributed by atoms with Crippen LogP contribution in [-0.4, -0.2) is 9.97 Å². The zero-order chi connectivity index (χ0) is 15.0. The van der Waals surface area contributed by atoms with E-state index >= 15 is 0 Å². The van der Waals surface area contributed by atoms with Crippen LogP contribution in [0.1, 0.15) is 52.9 Å². The van der Waals surface area contributed by atoms with E-state index in [1.807, 2.05) is 12.1 Å². The average Bonchev–Trinajstić information content (AvgIpc) is 2.37. The third kappa shape index (κ3) is 6.51. The number of hydrogen-bond donors (Lipinski definition) is 0. The van der Waals surface area contributed by atoms with Gasteiger partial charge in [0.1, 0.15) is 0 Å². The molecule has 2 aromatic heterocycles. The van der Waals surface area contributed by atoms with E-state index in [1.54, 1.807) is 0 Å². The molecule has 0 spiro atoms. The van der Waals surface area contributed by atoms with Gasteiger partial charge in [0.2, 0.25) is 0 Å². The first-order chi connectivity index (χ1) is 9.18. The van der Waals surface area contributed by atoms with Gasteiger partial charge in [0, 0.05) is 22.2 Å². The molecule has 0 aliphatic carbocycles. The smallest absolute Gasteiger partial charge is 1.00 e. The van der Waals surface area contributed by atoms with Crippen molar-refractivity contribution in [3.63, 3.8) is 0 Å². The Morgan fingerprint density at radius 1 is 0.609 bits per heavy atom. The van der Waals surface area contributed by atoms with Gasteiger partial charge < -0.3 is 24.8 Å². The van der Waals surface area contributed by atoms with E-state index in [1.165, 1.54) is 0 Å². The van der Waals surface area contributed by atoms with Crippen LogP contribution in [-0.2, 0) is 31.3 Å². The molecule has 0 unspecified atom stereocenters. The molecule has 0 aliphatic rings. The van der Waals surface area contributed by atoms with Gasteiger partial charge in [-0.1, -0.05) is 53.7 Å². The maximum atomic E-state index is 4.77. The molecule has 0 radical (unpaired) electrons. The Balaban J connectivity index is 0. The van der Waals surface area contributed by atoms with Gasteiger partial charge in [0.15, 0.2) is 0 Å². The molecular formula is C18H24Cl2N2Pd. The third-order valence-corrected chi connectivity index (χ3v) is 3.30. The molecule has 0 atom stereocenters. The number of nitrogens with zero attached hydrogens (tertiary/aromatic N) is 2. The summed E-state index contributed by atoms with van der Waals surface area (Å²) in [6.07, 6.45) is 0. The summed E-state index contributed by atoms with van der Waals surface area (Å²) in [5.41, 5.74) is 4.19. The second kappa shape index (κ2) is 9.14. The summed E-state index contributed by atoms with van der Waals surface area (Å²) in [7, 11) is 0. The summed E-state index contributed by atoms with van der Waals surface area (Å²) in [6, 6.07) is 12.4. The van der Waals surface area contributed by atoms with Crippen LogP contribution < -0.4 is 24.8 Å². The summed E-state index contributed by atoms with van der Waals surface area (Å²) in [6.45, 7) is 13.1. The largest absolute Gasteiger partial charge is 2.00 e. The minimum absolute atomic E-state index is 0. The molecule has 23 heavy (non-hydrogen) atoms. The normalized spacial score (nSPS) is 10.9. The van der Waals surface area contributed by atoms with Gasteiger partial charge >= 0.3 is 20.4 Å². The Bertz CT molecular complexity index is 561. The van der Waals surface area contributed by atoms with E-state index in [0.29, 0.717) is 0 Å². The van der Waals surface area contributed by atoms with Crippen LogP contribution in [0.5, 0.6) is 0 Å². The van der Waals surface area contributed by atoms with Gasteiger partial charge in [-0.25, -0.2) is 0 Å². The molecule has 130 valence electrons. The fourth-order valence-electron chi connectivity index (χ4n) is 1.99. The molecule has 2 heterocycles. The molecule has 2 nitrogen and oxygen atoms in total. The van der Waals surface area contributed by atoms with Gasteiger partial charge in [-0.15, -0.1) is 0 Å². The van der Waals surface area contributed by atoms with Crippen molar-refractivity contribution in [2.45, 2.75) is 52.4 Å². The fourth-order valence-corrected chi connectivity index (χ4v) is 1.99. The van der Waals surface area contributed by atoms with Crippen molar-refractivity contribution >= 4 is 0 Å². The van der Waals surface area contributed by atoms with Crippen molar-refractivity contribution in [2.75, 3.05) is 0 Å². The fraction of sp³-hybridized carbons (Fsp3) is 0.444. The first-order valence-electron chi connectivity index (χ1n) is 7.13. The van der Waals surface area contributed by atoms with E-state index in [0.717, 1.165) is 22.8 Å². The van der Waals surface area contributed by atoms with Crippen molar-refractivity contribution in [1.29, 1.82) is 0 Å². The first kappa shape index (κ1) is 24.8. The SMILES string of the molecule is CC(C)(C)c1cccc(-c2cccc(C(C)(C)C)n2)n1.[Cl-].[Cl-].[Pd+2]. The number of pyridine rings is 2. The molecule has 0 aliphatic heterocycles. The Kier molecular flexibility index (Phi) is 9.85. The Labute approximate surface area is 166 Å². The molecule has 0 aromatic carbocycles. The van der Waals surface area contributed by atoms with Crippen LogP contribution in [0.25, 0.3) is 11.4 Å². The predicted octanol–water partition coefficient (Wildman–Crippen LogP) is -1.26. The van der Waals surface area contributed by atoms with E-state index in [9.17, 15) is 0 Å². The monoisotopic (exact) mass is 444 g/mol. The molecular weight excluding hydrogens is 422 g/mol. The Morgan fingerprint density at radius 2 is 0.913 bits per heavy atom. The summed E-state index contributed by atoms with van der Waals surface area (Å²) >= 11 is 0. The number of aromatic nitrogens is 2. The van der Waals surface area contributed by atoms with Crippen molar-refractivity contribution in [3.05, 3.63) is 47.8 Å². The molecule has 0 fully saturated rings. The molecule has 2 aromatic rings. The van der Waals surface area contributed by atoms with Crippen LogP contribution in [0.3, 0.4) is 0 Å². The predicted molar refractivity (Wildman–Crippen MR) is 84.9 cm³/mol. The molecule has 5 heteroatoms. The Hall–Kier alpha value is -0.458. The van der Waals surface area contributed by atoms with Crippen LogP contribution in [0.2, 0.25) is 0 Å². The second-order valence-electron chi connectivity index (χ2n) is 7.32. The first-order valence-corrected chi connectivity index (χ1v) is 7.13. The summed E-state index contributed by atoms with van der Waals surface area (Å²) < 4.78 is 0. The van der Waals surface area contributed by atoms with Gasteiger partial charge in [0.25, 0.3) is 0 Å².